The van der Waals surface area contributed by atoms with Gasteiger partial charge in [0.15, 0.2) is 0 Å². The van der Waals surface area contributed by atoms with Gasteiger partial charge in [-0.1, -0.05) is 12.5 Å². The second-order valence-electron chi connectivity index (χ2n) is 6.91. The number of likely N-dealkylation sites (tertiary alicyclic amines) is 1. The Bertz CT molecular complexity index is 710. The van der Waals surface area contributed by atoms with E-state index in [1.165, 1.54) is 6.42 Å². The molecule has 1 unspecified atom stereocenters. The smallest absolute Gasteiger partial charge is 0.255 e. The van der Waals surface area contributed by atoms with Crippen LogP contribution in [0, 0.1) is 11.8 Å². The molecule has 4 rings (SSSR count). The molecule has 0 aromatic carbocycles. The Morgan fingerprint density at radius 3 is 2.92 bits per heavy atom. The van der Waals surface area contributed by atoms with Crippen LogP contribution in [0.5, 0.6) is 0 Å². The summed E-state index contributed by atoms with van der Waals surface area (Å²) in [6.45, 7) is 2.17. The predicted octanol–water partition coefficient (Wildman–Crippen LogP) is 2.33. The third-order valence-corrected chi connectivity index (χ3v) is 5.34. The number of fused-ring (bicyclic) bond motifs is 1. The van der Waals surface area contributed by atoms with Gasteiger partial charge >= 0.3 is 0 Å². The number of aromatic nitrogens is 3. The summed E-state index contributed by atoms with van der Waals surface area (Å²) in [4.78, 5) is 18.8. The molecule has 1 aliphatic heterocycles. The van der Waals surface area contributed by atoms with Gasteiger partial charge in [0.2, 0.25) is 0 Å². The first-order chi connectivity index (χ1) is 12.3. The van der Waals surface area contributed by atoms with E-state index in [-0.39, 0.29) is 12.0 Å². The number of hydrogen-bond donors (Lipinski definition) is 0. The van der Waals surface area contributed by atoms with Crippen molar-refractivity contribution in [3.05, 3.63) is 54.1 Å². The van der Waals surface area contributed by atoms with Crippen molar-refractivity contribution in [2.75, 3.05) is 13.1 Å². The highest BCUT2D eigenvalue weighted by molar-refractivity contribution is 5.94. The van der Waals surface area contributed by atoms with E-state index >= 15 is 0 Å². The summed E-state index contributed by atoms with van der Waals surface area (Å²) >= 11 is 0. The Labute approximate surface area is 147 Å². The zero-order valence-electron chi connectivity index (χ0n) is 14.1. The lowest BCUT2D eigenvalue weighted by Crippen LogP contribution is -2.34. The van der Waals surface area contributed by atoms with E-state index in [1.54, 1.807) is 24.7 Å². The van der Waals surface area contributed by atoms with Crippen molar-refractivity contribution in [3.63, 3.8) is 0 Å². The molecular formula is C19H22N4O2. The summed E-state index contributed by atoms with van der Waals surface area (Å²) in [5.74, 6) is 1.01. The lowest BCUT2D eigenvalue weighted by atomic mass is 9.79. The molecule has 130 valence electrons. The van der Waals surface area contributed by atoms with E-state index in [9.17, 15) is 4.79 Å². The van der Waals surface area contributed by atoms with Crippen molar-refractivity contribution in [1.29, 1.82) is 0 Å². The molecule has 1 amide bonds. The first kappa shape index (κ1) is 16.1. The molecule has 6 nitrogen and oxygen atoms in total. The quantitative estimate of drug-likeness (QED) is 0.856. The van der Waals surface area contributed by atoms with Crippen LogP contribution < -0.4 is 0 Å². The summed E-state index contributed by atoms with van der Waals surface area (Å²) in [6, 6.07) is 5.70. The normalized spacial score (nSPS) is 25.6. The van der Waals surface area contributed by atoms with Gasteiger partial charge in [0, 0.05) is 31.4 Å². The molecular weight excluding hydrogens is 316 g/mol. The zero-order valence-corrected chi connectivity index (χ0v) is 14.1. The summed E-state index contributed by atoms with van der Waals surface area (Å²) in [6.07, 6.45) is 10.4. The largest absolute Gasteiger partial charge is 0.373 e. The molecule has 0 radical (unpaired) electrons. The molecule has 1 saturated heterocycles. The number of ether oxygens (including phenoxy) is 1. The first-order valence-corrected chi connectivity index (χ1v) is 8.88. The van der Waals surface area contributed by atoms with Gasteiger partial charge in [-0.2, -0.15) is 10.2 Å². The number of carbonyl (C=O) groups excluding carboxylic acids is 1. The lowest BCUT2D eigenvalue weighted by molar-refractivity contribution is -0.0293. The van der Waals surface area contributed by atoms with E-state index in [0.717, 1.165) is 31.5 Å². The van der Waals surface area contributed by atoms with E-state index in [2.05, 4.69) is 15.2 Å². The molecule has 25 heavy (non-hydrogen) atoms. The molecule has 3 atom stereocenters. The van der Waals surface area contributed by atoms with Crippen LogP contribution in [0.15, 0.2) is 43.0 Å². The van der Waals surface area contributed by atoms with Crippen LogP contribution in [-0.2, 0) is 11.3 Å². The second kappa shape index (κ2) is 7.27. The molecule has 1 aliphatic carbocycles. The molecule has 2 aliphatic rings. The van der Waals surface area contributed by atoms with Crippen LogP contribution >= 0.6 is 0 Å². The van der Waals surface area contributed by atoms with Crippen LogP contribution in [0.4, 0.5) is 0 Å². The summed E-state index contributed by atoms with van der Waals surface area (Å²) in [5.41, 5.74) is 1.71. The van der Waals surface area contributed by atoms with Crippen LogP contribution in [0.25, 0.3) is 0 Å². The first-order valence-electron chi connectivity index (χ1n) is 8.88. The fourth-order valence-electron chi connectivity index (χ4n) is 4.08. The van der Waals surface area contributed by atoms with Crippen molar-refractivity contribution in [2.45, 2.75) is 32.0 Å². The van der Waals surface area contributed by atoms with Gasteiger partial charge in [-0.25, -0.2) is 0 Å². The van der Waals surface area contributed by atoms with Crippen LogP contribution in [0.3, 0.4) is 0 Å². The van der Waals surface area contributed by atoms with E-state index in [4.69, 9.17) is 4.74 Å². The maximum atomic E-state index is 12.7. The topological polar surface area (TPSA) is 68.2 Å². The fraction of sp³-hybridized carbons (Fsp3) is 0.474. The molecule has 3 heterocycles. The van der Waals surface area contributed by atoms with Crippen molar-refractivity contribution in [1.82, 2.24) is 20.1 Å². The molecule has 2 aromatic rings. The van der Waals surface area contributed by atoms with E-state index in [1.807, 2.05) is 23.2 Å². The number of nitrogens with zero attached hydrogens (tertiary/aromatic N) is 4. The Morgan fingerprint density at radius 1 is 1.16 bits per heavy atom. The van der Waals surface area contributed by atoms with Crippen molar-refractivity contribution < 1.29 is 9.53 Å². The zero-order chi connectivity index (χ0) is 17.1. The number of rotatable bonds is 4. The average Bonchev–Trinajstić information content (AvgIpc) is 3.12. The third kappa shape index (κ3) is 3.54. The average molecular weight is 338 g/mol. The molecule has 0 spiro atoms. The number of pyridine rings is 1. The number of carbonyl (C=O) groups is 1. The molecule has 2 fully saturated rings. The van der Waals surface area contributed by atoms with Crippen LogP contribution in [-0.4, -0.2) is 45.2 Å². The van der Waals surface area contributed by atoms with Crippen molar-refractivity contribution in [3.8, 4) is 0 Å². The minimum Gasteiger partial charge on any atom is -0.373 e. The van der Waals surface area contributed by atoms with Crippen LogP contribution in [0.2, 0.25) is 0 Å². The Balaban J connectivity index is 1.41. The Hall–Kier alpha value is -2.34. The SMILES string of the molecule is O=C(c1ccnnc1)N1C[C@H]2CCCC(OCc3cccnc3)[C@H]2C1. The third-order valence-electron chi connectivity index (χ3n) is 5.34. The maximum absolute atomic E-state index is 12.7. The molecule has 0 bridgehead atoms. The molecule has 0 N–H and O–H groups in total. The van der Waals surface area contributed by atoms with Gasteiger partial charge in [0.1, 0.15) is 0 Å². The number of hydrogen-bond acceptors (Lipinski definition) is 5. The highest BCUT2D eigenvalue weighted by atomic mass is 16.5. The van der Waals surface area contributed by atoms with Gasteiger partial charge in [-0.3, -0.25) is 9.78 Å². The van der Waals surface area contributed by atoms with Gasteiger partial charge in [-0.15, -0.1) is 0 Å². The minimum atomic E-state index is 0.0512. The van der Waals surface area contributed by atoms with Gasteiger partial charge < -0.3 is 9.64 Å². The summed E-state index contributed by atoms with van der Waals surface area (Å²) in [7, 11) is 0. The van der Waals surface area contributed by atoms with Crippen molar-refractivity contribution >= 4 is 5.91 Å². The highest BCUT2D eigenvalue weighted by Gasteiger charge is 2.42. The molecule has 1 saturated carbocycles. The van der Waals surface area contributed by atoms with Gasteiger partial charge in [0.05, 0.1) is 30.7 Å². The van der Waals surface area contributed by atoms with E-state index in [0.29, 0.717) is 24.0 Å². The fourth-order valence-corrected chi connectivity index (χ4v) is 4.08. The van der Waals surface area contributed by atoms with Crippen molar-refractivity contribution in [2.24, 2.45) is 11.8 Å². The summed E-state index contributed by atoms with van der Waals surface area (Å²) < 4.78 is 6.22. The monoisotopic (exact) mass is 338 g/mol. The predicted molar refractivity (Wildman–Crippen MR) is 91.6 cm³/mol. The minimum absolute atomic E-state index is 0.0512. The number of amides is 1. The Kier molecular flexibility index (Phi) is 4.70. The Morgan fingerprint density at radius 2 is 2.12 bits per heavy atom. The lowest BCUT2D eigenvalue weighted by Gasteiger charge is -2.32. The van der Waals surface area contributed by atoms with Gasteiger partial charge in [-0.05, 0) is 36.5 Å². The second-order valence-corrected chi connectivity index (χ2v) is 6.91. The maximum Gasteiger partial charge on any atom is 0.255 e. The summed E-state index contributed by atoms with van der Waals surface area (Å²) in [5, 5.41) is 7.56. The standard InChI is InChI=1S/C19H22N4O2/c24-19(15-6-8-21-22-10-15)23-11-16-4-1-5-18(17(16)12-23)25-13-14-3-2-7-20-9-14/h2-3,6-10,16-18H,1,4-5,11-13H2/t16-,17+,18?/m1/s1. The highest BCUT2D eigenvalue weighted by Crippen LogP contribution is 2.38. The van der Waals surface area contributed by atoms with Gasteiger partial charge in [0.25, 0.3) is 5.91 Å². The van der Waals surface area contributed by atoms with E-state index < -0.39 is 0 Å². The molecule has 6 heteroatoms. The van der Waals surface area contributed by atoms with Crippen LogP contribution in [0.1, 0.15) is 35.2 Å². The molecule has 2 aromatic heterocycles.